The van der Waals surface area contributed by atoms with E-state index in [0.29, 0.717) is 0 Å². The van der Waals surface area contributed by atoms with Crippen LogP contribution in [0.1, 0.15) is 0 Å². The molecule has 10 rings (SSSR count). The van der Waals surface area contributed by atoms with E-state index in [0.717, 1.165) is 28.7 Å². The molecule has 3 aliphatic rings. The summed E-state index contributed by atoms with van der Waals surface area (Å²) < 4.78 is 13.2. The fraction of sp³-hybridized carbons (Fsp3) is 0.0270. The summed E-state index contributed by atoms with van der Waals surface area (Å²) in [5.41, 5.74) is 3.54. The van der Waals surface area contributed by atoms with E-state index in [4.69, 9.17) is 9.47 Å². The summed E-state index contributed by atoms with van der Waals surface area (Å²) in [5.74, 6) is 3.79. The summed E-state index contributed by atoms with van der Waals surface area (Å²) in [5, 5.41) is 11.6. The summed E-state index contributed by atoms with van der Waals surface area (Å²) in [7, 11) is -2.41. The van der Waals surface area contributed by atoms with Crippen molar-refractivity contribution < 1.29 is 9.47 Å². The van der Waals surface area contributed by atoms with Gasteiger partial charge in [0.05, 0.1) is 0 Å². The fourth-order valence-electron chi connectivity index (χ4n) is 7.82. The second kappa shape index (κ2) is 7.36. The third kappa shape index (κ3) is 2.55. The van der Waals surface area contributed by atoms with Gasteiger partial charge in [0.15, 0.2) is 8.07 Å². The third-order valence-corrected chi connectivity index (χ3v) is 13.9. The van der Waals surface area contributed by atoms with Gasteiger partial charge in [0.1, 0.15) is 23.0 Å². The van der Waals surface area contributed by atoms with Crippen molar-refractivity contribution in [2.24, 2.45) is 0 Å². The van der Waals surface area contributed by atoms with Crippen molar-refractivity contribution in [2.75, 3.05) is 4.90 Å². The van der Waals surface area contributed by atoms with Gasteiger partial charge in [-0.05, 0) is 80.8 Å². The van der Waals surface area contributed by atoms with E-state index >= 15 is 0 Å². The zero-order valence-electron chi connectivity index (χ0n) is 22.3. The highest BCUT2D eigenvalue weighted by Gasteiger charge is 2.54. The van der Waals surface area contributed by atoms with E-state index in [2.05, 4.69) is 127 Å². The summed E-state index contributed by atoms with van der Waals surface area (Å²) in [6.45, 7) is 2.47. The molecule has 7 aromatic carbocycles. The Labute approximate surface area is 237 Å². The van der Waals surface area contributed by atoms with Gasteiger partial charge < -0.3 is 14.4 Å². The van der Waals surface area contributed by atoms with Gasteiger partial charge >= 0.3 is 0 Å². The van der Waals surface area contributed by atoms with E-state index in [1.165, 1.54) is 59.3 Å². The van der Waals surface area contributed by atoms with Crippen LogP contribution >= 0.6 is 0 Å². The van der Waals surface area contributed by atoms with Crippen molar-refractivity contribution in [3.8, 4) is 23.0 Å². The molecule has 3 heterocycles. The molecule has 0 unspecified atom stereocenters. The van der Waals surface area contributed by atoms with Crippen LogP contribution in [-0.2, 0) is 0 Å². The molecule has 0 spiro atoms. The molecule has 0 radical (unpaired) electrons. The minimum atomic E-state index is -2.41. The molecule has 3 nitrogen and oxygen atoms in total. The van der Waals surface area contributed by atoms with Crippen LogP contribution in [0.3, 0.4) is 0 Å². The molecule has 0 fully saturated rings. The predicted octanol–water partition coefficient (Wildman–Crippen LogP) is 8.24. The van der Waals surface area contributed by atoms with Crippen molar-refractivity contribution in [1.29, 1.82) is 0 Å². The number of benzene rings is 7. The monoisotopic (exact) mass is 541 g/mol. The van der Waals surface area contributed by atoms with Crippen LogP contribution in [0.25, 0.3) is 32.3 Å². The first-order valence-electron chi connectivity index (χ1n) is 14.1. The van der Waals surface area contributed by atoms with Crippen LogP contribution in [0, 0.1) is 0 Å². The highest BCUT2D eigenvalue weighted by molar-refractivity contribution is 7.14. The molecular formula is C37H23NO2Si. The highest BCUT2D eigenvalue weighted by Crippen LogP contribution is 2.49. The maximum Gasteiger partial charge on any atom is 0.170 e. The van der Waals surface area contributed by atoms with Crippen molar-refractivity contribution in [3.63, 3.8) is 0 Å². The zero-order chi connectivity index (χ0) is 26.9. The first-order chi connectivity index (χ1) is 20.2. The Hall–Kier alpha value is -5.06. The minimum Gasteiger partial charge on any atom is -0.457 e. The largest absolute Gasteiger partial charge is 0.457 e. The summed E-state index contributed by atoms with van der Waals surface area (Å²) in [6.07, 6.45) is 0. The predicted molar refractivity (Wildman–Crippen MR) is 171 cm³/mol. The van der Waals surface area contributed by atoms with E-state index in [1.54, 1.807) is 0 Å². The third-order valence-electron chi connectivity index (χ3n) is 9.40. The summed E-state index contributed by atoms with van der Waals surface area (Å²) in [4.78, 5) is 2.43. The SMILES string of the molecule is C[Si]12c3c4cccc3Oc3cccc(c31)N(c1ccc3c5ccccc5c5ccccc5c3c1)c1cccc(c12)O4. The quantitative estimate of drug-likeness (QED) is 0.154. The molecule has 0 amide bonds. The van der Waals surface area contributed by atoms with Gasteiger partial charge in [-0.25, -0.2) is 0 Å². The minimum absolute atomic E-state index is 0.930. The van der Waals surface area contributed by atoms with Crippen molar-refractivity contribution >= 4 is 73.0 Å². The number of fused-ring (bicyclic) bond motifs is 6. The van der Waals surface area contributed by atoms with E-state index in [-0.39, 0.29) is 0 Å². The van der Waals surface area contributed by atoms with Crippen molar-refractivity contribution in [3.05, 3.63) is 121 Å². The number of nitrogens with zero attached hydrogens (tertiary/aromatic N) is 1. The second-order valence-electron chi connectivity index (χ2n) is 11.4. The van der Waals surface area contributed by atoms with Gasteiger partial charge in [0.25, 0.3) is 0 Å². The van der Waals surface area contributed by atoms with Gasteiger partial charge in [-0.3, -0.25) is 0 Å². The molecule has 0 saturated carbocycles. The lowest BCUT2D eigenvalue weighted by Crippen LogP contribution is -2.71. The Balaban J connectivity index is 1.32. The number of anilines is 3. The smallest absolute Gasteiger partial charge is 0.170 e. The lowest BCUT2D eigenvalue weighted by Gasteiger charge is -2.48. The van der Waals surface area contributed by atoms with E-state index < -0.39 is 8.07 Å². The average molecular weight is 542 g/mol. The lowest BCUT2D eigenvalue weighted by molar-refractivity contribution is 0.463. The Morgan fingerprint density at radius 2 is 0.878 bits per heavy atom. The van der Waals surface area contributed by atoms with Crippen LogP contribution in [0.2, 0.25) is 6.55 Å². The topological polar surface area (TPSA) is 21.7 Å². The molecule has 0 atom stereocenters. The number of hydrogen-bond acceptors (Lipinski definition) is 3. The fourth-order valence-corrected chi connectivity index (χ4v) is 12.5. The van der Waals surface area contributed by atoms with Crippen LogP contribution < -0.4 is 29.9 Å². The summed E-state index contributed by atoms with van der Waals surface area (Å²) in [6, 6.07) is 43.8. The van der Waals surface area contributed by atoms with Gasteiger partial charge in [0.2, 0.25) is 0 Å². The first-order valence-corrected chi connectivity index (χ1v) is 16.6. The molecule has 0 aromatic heterocycles. The van der Waals surface area contributed by atoms with Gasteiger partial charge in [0, 0.05) is 32.6 Å². The Bertz CT molecular complexity index is 2200. The molecular weight excluding hydrogens is 518 g/mol. The molecule has 0 aliphatic carbocycles. The summed E-state index contributed by atoms with van der Waals surface area (Å²) >= 11 is 0. The van der Waals surface area contributed by atoms with Crippen LogP contribution in [0.15, 0.2) is 121 Å². The molecule has 41 heavy (non-hydrogen) atoms. The number of ether oxygens (including phenoxy) is 2. The van der Waals surface area contributed by atoms with E-state index in [9.17, 15) is 0 Å². The average Bonchev–Trinajstić information content (AvgIpc) is 3.01. The van der Waals surface area contributed by atoms with Crippen LogP contribution in [0.5, 0.6) is 23.0 Å². The zero-order valence-corrected chi connectivity index (χ0v) is 23.3. The first kappa shape index (κ1) is 21.7. The highest BCUT2D eigenvalue weighted by atomic mass is 28.3. The molecule has 0 saturated heterocycles. The second-order valence-corrected chi connectivity index (χ2v) is 15.2. The molecule has 192 valence electrons. The Morgan fingerprint density at radius 1 is 0.439 bits per heavy atom. The van der Waals surface area contributed by atoms with E-state index in [1.807, 2.05) is 6.07 Å². The standard InChI is InChI=1S/C37H23NO2Si/c1-41-35-29-13-6-15-31(35)39-33-17-8-18-34(37(33)41)40-32-16-7-14-30(36(32)41)38(29)22-19-20-27-25-11-3-2-9-23(25)24-10-4-5-12-26(24)28(27)21-22/h2-21H,1H3. The number of hydrogen-bond donors (Lipinski definition) is 0. The van der Waals surface area contributed by atoms with Gasteiger partial charge in [-0.2, -0.15) is 0 Å². The molecule has 7 aromatic rings. The Kier molecular flexibility index (Phi) is 3.90. The van der Waals surface area contributed by atoms with Gasteiger partial charge in [-0.15, -0.1) is 0 Å². The maximum atomic E-state index is 6.60. The molecule has 4 heteroatoms. The van der Waals surface area contributed by atoms with Crippen LogP contribution in [0.4, 0.5) is 17.1 Å². The van der Waals surface area contributed by atoms with Crippen LogP contribution in [-0.4, -0.2) is 8.07 Å². The lowest BCUT2D eigenvalue weighted by atomic mass is 9.94. The molecule has 0 bridgehead atoms. The maximum absolute atomic E-state index is 6.60. The van der Waals surface area contributed by atoms with Crippen molar-refractivity contribution in [1.82, 2.24) is 0 Å². The normalized spacial score (nSPS) is 15.0. The molecule has 0 N–H and O–H groups in total. The Morgan fingerprint density at radius 3 is 1.41 bits per heavy atom. The van der Waals surface area contributed by atoms with Gasteiger partial charge in [-0.1, -0.05) is 79.3 Å². The van der Waals surface area contributed by atoms with Crippen molar-refractivity contribution in [2.45, 2.75) is 6.55 Å². The number of rotatable bonds is 1. The molecule has 3 aliphatic heterocycles.